The van der Waals surface area contributed by atoms with Gasteiger partial charge in [0.2, 0.25) is 15.9 Å². The first-order valence-corrected chi connectivity index (χ1v) is 10.5. The monoisotopic (exact) mass is 416 g/mol. The number of hydrogen-bond donors (Lipinski definition) is 2. The van der Waals surface area contributed by atoms with Gasteiger partial charge in [0.05, 0.1) is 29.9 Å². The summed E-state index contributed by atoms with van der Waals surface area (Å²) in [6, 6.07) is 9.69. The number of hydrogen-bond acceptors (Lipinski definition) is 6. The van der Waals surface area contributed by atoms with E-state index in [1.807, 2.05) is 31.2 Å². The third-order valence-electron chi connectivity index (χ3n) is 5.22. The van der Waals surface area contributed by atoms with Gasteiger partial charge in [-0.1, -0.05) is 25.1 Å². The molecule has 2 atom stereocenters. The highest BCUT2D eigenvalue weighted by Crippen LogP contribution is 2.34. The highest BCUT2D eigenvalue weighted by atomic mass is 32.2. The lowest BCUT2D eigenvalue weighted by molar-refractivity contribution is -0.136. The summed E-state index contributed by atoms with van der Waals surface area (Å²) in [5.74, 6) is -1.25. The fourth-order valence-corrected chi connectivity index (χ4v) is 5.28. The standard InChI is InChI=1S/C19H20N4O5S/c1-12-10-22(29(27,28)13-6-7-18(24)20-9-13)11-17(12)23-16-5-3-2-4-14(16)15(21-23)8-19(25)26/h2-7,9,12,17H,8,10-11H2,1H3,(H,20,24)(H,25,26)/t12-,17+/m1/s1. The average Bonchev–Trinajstić information content (AvgIpc) is 3.23. The van der Waals surface area contributed by atoms with Gasteiger partial charge in [0.15, 0.2) is 0 Å². The van der Waals surface area contributed by atoms with Crippen molar-refractivity contribution in [2.24, 2.45) is 5.92 Å². The topological polar surface area (TPSA) is 126 Å². The van der Waals surface area contributed by atoms with Crippen LogP contribution < -0.4 is 0 Å². The SMILES string of the molecule is C[C@@H]1CN(S(=O)(=O)c2ccc(O)nc2)C[C@@H]1n1nc(CC(=O)O)c2ccccc21. The minimum absolute atomic E-state index is 0.0139. The van der Waals surface area contributed by atoms with E-state index in [2.05, 4.69) is 10.1 Å². The second kappa shape index (κ2) is 7.12. The lowest BCUT2D eigenvalue weighted by atomic mass is 10.1. The second-order valence-corrected chi connectivity index (χ2v) is 9.14. The molecule has 1 aliphatic heterocycles. The summed E-state index contributed by atoms with van der Waals surface area (Å²) in [6.07, 6.45) is 0.937. The largest absolute Gasteiger partial charge is 0.493 e. The number of aliphatic carboxylic acids is 1. The van der Waals surface area contributed by atoms with E-state index in [1.54, 1.807) is 4.68 Å². The number of rotatable bonds is 5. The number of aromatic nitrogens is 3. The predicted molar refractivity (Wildman–Crippen MR) is 104 cm³/mol. The summed E-state index contributed by atoms with van der Waals surface area (Å²) in [4.78, 5) is 14.9. The number of benzene rings is 1. The van der Waals surface area contributed by atoms with Crippen molar-refractivity contribution < 1.29 is 23.4 Å². The first-order valence-electron chi connectivity index (χ1n) is 9.10. The first-order chi connectivity index (χ1) is 13.8. The maximum absolute atomic E-state index is 13.0. The molecule has 0 unspecified atom stereocenters. The zero-order chi connectivity index (χ0) is 20.8. The van der Waals surface area contributed by atoms with Gasteiger partial charge >= 0.3 is 5.97 Å². The summed E-state index contributed by atoms with van der Waals surface area (Å²) in [7, 11) is -3.77. The van der Waals surface area contributed by atoms with Gasteiger partial charge in [-0.2, -0.15) is 9.40 Å². The number of para-hydroxylation sites is 1. The molecule has 29 heavy (non-hydrogen) atoms. The Morgan fingerprint density at radius 1 is 1.21 bits per heavy atom. The molecular weight excluding hydrogens is 396 g/mol. The number of carboxylic acids is 1. The Kier molecular flexibility index (Phi) is 4.75. The van der Waals surface area contributed by atoms with Crippen LogP contribution in [0.4, 0.5) is 0 Å². The van der Waals surface area contributed by atoms with E-state index in [9.17, 15) is 23.4 Å². The number of carboxylic acid groups (broad SMARTS) is 1. The smallest absolute Gasteiger partial charge is 0.309 e. The molecule has 4 rings (SSSR count). The van der Waals surface area contributed by atoms with Crippen LogP contribution in [0.5, 0.6) is 5.88 Å². The number of nitrogens with zero attached hydrogens (tertiary/aromatic N) is 4. The van der Waals surface area contributed by atoms with Crippen LogP contribution in [0, 0.1) is 5.92 Å². The van der Waals surface area contributed by atoms with Gasteiger partial charge in [0.25, 0.3) is 0 Å². The third kappa shape index (κ3) is 3.45. The molecule has 1 aromatic carbocycles. The molecule has 3 heterocycles. The molecule has 0 spiro atoms. The molecular formula is C19H20N4O5S. The van der Waals surface area contributed by atoms with Crippen molar-refractivity contribution in [1.82, 2.24) is 19.1 Å². The number of fused-ring (bicyclic) bond motifs is 1. The molecule has 1 aliphatic rings. The molecule has 9 nitrogen and oxygen atoms in total. The minimum atomic E-state index is -3.77. The van der Waals surface area contributed by atoms with Crippen molar-refractivity contribution >= 4 is 26.9 Å². The summed E-state index contributed by atoms with van der Waals surface area (Å²) in [5, 5.41) is 23.8. The lowest BCUT2D eigenvalue weighted by Gasteiger charge is -2.17. The van der Waals surface area contributed by atoms with Crippen LogP contribution in [-0.4, -0.2) is 56.8 Å². The lowest BCUT2D eigenvalue weighted by Crippen LogP contribution is -2.29. The average molecular weight is 416 g/mol. The molecule has 3 aromatic rings. The van der Waals surface area contributed by atoms with Crippen molar-refractivity contribution in [1.29, 1.82) is 0 Å². The van der Waals surface area contributed by atoms with E-state index < -0.39 is 16.0 Å². The minimum Gasteiger partial charge on any atom is -0.493 e. The van der Waals surface area contributed by atoms with Crippen LogP contribution in [-0.2, 0) is 21.2 Å². The fraction of sp³-hybridized carbons (Fsp3) is 0.316. The van der Waals surface area contributed by atoms with Gasteiger partial charge in [-0.05, 0) is 18.1 Å². The third-order valence-corrected chi connectivity index (χ3v) is 7.04. The van der Waals surface area contributed by atoms with Crippen molar-refractivity contribution in [2.45, 2.75) is 24.3 Å². The Hall–Kier alpha value is -2.98. The van der Waals surface area contributed by atoms with E-state index >= 15 is 0 Å². The predicted octanol–water partition coefficient (Wildman–Crippen LogP) is 1.65. The Balaban J connectivity index is 1.69. The zero-order valence-electron chi connectivity index (χ0n) is 15.6. The van der Waals surface area contributed by atoms with Crippen LogP contribution in [0.3, 0.4) is 0 Å². The molecule has 2 N–H and O–H groups in total. The van der Waals surface area contributed by atoms with Gasteiger partial charge < -0.3 is 10.2 Å². The maximum Gasteiger partial charge on any atom is 0.309 e. The molecule has 152 valence electrons. The molecule has 10 heteroatoms. The van der Waals surface area contributed by atoms with Gasteiger partial charge in [-0.25, -0.2) is 13.4 Å². The van der Waals surface area contributed by atoms with E-state index in [0.29, 0.717) is 12.2 Å². The van der Waals surface area contributed by atoms with E-state index in [0.717, 1.165) is 17.1 Å². The first kappa shape index (κ1) is 19.3. The summed E-state index contributed by atoms with van der Waals surface area (Å²) in [5.41, 5.74) is 1.25. The van der Waals surface area contributed by atoms with Gasteiger partial charge in [0, 0.05) is 24.5 Å². The number of sulfonamides is 1. The van der Waals surface area contributed by atoms with Crippen LogP contribution in [0.15, 0.2) is 47.5 Å². The highest BCUT2D eigenvalue weighted by Gasteiger charge is 2.39. The van der Waals surface area contributed by atoms with Crippen molar-refractivity contribution in [2.75, 3.05) is 13.1 Å². The molecule has 0 bridgehead atoms. The molecule has 0 aliphatic carbocycles. The number of pyridine rings is 1. The normalized spacial score (nSPS) is 20.3. The summed E-state index contributed by atoms with van der Waals surface area (Å²) >= 11 is 0. The fourth-order valence-electron chi connectivity index (χ4n) is 3.78. The van der Waals surface area contributed by atoms with Crippen LogP contribution in [0.2, 0.25) is 0 Å². The second-order valence-electron chi connectivity index (χ2n) is 7.20. The Morgan fingerprint density at radius 2 is 1.97 bits per heavy atom. The van der Waals surface area contributed by atoms with Crippen LogP contribution >= 0.6 is 0 Å². The molecule has 0 saturated carbocycles. The molecule has 2 aromatic heterocycles. The van der Waals surface area contributed by atoms with E-state index in [4.69, 9.17) is 0 Å². The van der Waals surface area contributed by atoms with E-state index in [1.165, 1.54) is 16.4 Å². The van der Waals surface area contributed by atoms with Crippen LogP contribution in [0.25, 0.3) is 10.9 Å². The van der Waals surface area contributed by atoms with Gasteiger partial charge in [0.1, 0.15) is 4.90 Å². The molecule has 1 saturated heterocycles. The van der Waals surface area contributed by atoms with Gasteiger partial charge in [-0.15, -0.1) is 0 Å². The molecule has 1 fully saturated rings. The van der Waals surface area contributed by atoms with Crippen LogP contribution in [0.1, 0.15) is 18.7 Å². The van der Waals surface area contributed by atoms with E-state index in [-0.39, 0.29) is 35.7 Å². The number of aromatic hydroxyl groups is 1. The van der Waals surface area contributed by atoms with Crippen molar-refractivity contribution in [3.8, 4) is 5.88 Å². The Morgan fingerprint density at radius 3 is 2.66 bits per heavy atom. The summed E-state index contributed by atoms with van der Waals surface area (Å²) < 4.78 is 29.1. The quantitative estimate of drug-likeness (QED) is 0.648. The highest BCUT2D eigenvalue weighted by molar-refractivity contribution is 7.89. The van der Waals surface area contributed by atoms with Gasteiger partial charge in [-0.3, -0.25) is 9.48 Å². The van der Waals surface area contributed by atoms with Crippen molar-refractivity contribution in [3.05, 3.63) is 48.3 Å². The van der Waals surface area contributed by atoms with Crippen molar-refractivity contribution in [3.63, 3.8) is 0 Å². The summed E-state index contributed by atoms with van der Waals surface area (Å²) in [6.45, 7) is 2.46. The zero-order valence-corrected chi connectivity index (χ0v) is 16.5. The molecule has 0 amide bonds. The Bertz CT molecular complexity index is 1170. The Labute approximate surface area is 167 Å². The number of carbonyl (C=O) groups is 1. The molecule has 0 radical (unpaired) electrons. The maximum atomic E-state index is 13.0.